The summed E-state index contributed by atoms with van der Waals surface area (Å²) in [5.74, 6) is 0.739. The fraction of sp³-hybridized carbons (Fsp3) is 0.400. The second-order valence-corrected chi connectivity index (χ2v) is 4.94. The van der Waals surface area contributed by atoms with Gasteiger partial charge in [-0.3, -0.25) is 4.98 Å². The van der Waals surface area contributed by atoms with Crippen LogP contribution in [-0.4, -0.2) is 32.7 Å². The molecule has 0 saturated heterocycles. The zero-order valence-electron chi connectivity index (χ0n) is 12.2. The molecule has 0 fully saturated rings. The monoisotopic (exact) mass is 287 g/mol. The Morgan fingerprint density at radius 3 is 2.95 bits per heavy atom. The molecule has 0 aliphatic carbocycles. The third-order valence-corrected chi connectivity index (χ3v) is 3.28. The summed E-state index contributed by atoms with van der Waals surface area (Å²) >= 11 is 0. The molecule has 0 spiro atoms. The lowest BCUT2D eigenvalue weighted by Crippen LogP contribution is -2.24. The van der Waals surface area contributed by atoms with Crippen molar-refractivity contribution in [3.63, 3.8) is 0 Å². The van der Waals surface area contributed by atoms with E-state index in [-0.39, 0.29) is 18.6 Å². The summed E-state index contributed by atoms with van der Waals surface area (Å²) in [5.41, 5.74) is 7.93. The van der Waals surface area contributed by atoms with Gasteiger partial charge in [0.05, 0.1) is 18.2 Å². The van der Waals surface area contributed by atoms with Gasteiger partial charge in [0.2, 0.25) is 5.95 Å². The number of unbranched alkanes of at least 4 members (excludes halogenated alkanes) is 1. The van der Waals surface area contributed by atoms with Crippen LogP contribution in [0.25, 0.3) is 17.1 Å². The van der Waals surface area contributed by atoms with E-state index in [1.807, 2.05) is 6.07 Å². The maximum absolute atomic E-state index is 9.47. The molecule has 2 aromatic heterocycles. The van der Waals surface area contributed by atoms with Crippen LogP contribution in [0.4, 0.5) is 11.8 Å². The maximum Gasteiger partial charge on any atom is 0.222 e. The molecule has 2 rings (SSSR count). The Labute approximate surface area is 124 Å². The topological polar surface area (TPSA) is 97.0 Å². The van der Waals surface area contributed by atoms with Crippen molar-refractivity contribution in [2.45, 2.75) is 32.2 Å². The summed E-state index contributed by atoms with van der Waals surface area (Å²) in [6, 6.07) is 1.79. The largest absolute Gasteiger partial charge is 0.394 e. The van der Waals surface area contributed by atoms with E-state index in [0.29, 0.717) is 16.9 Å². The first-order valence-electron chi connectivity index (χ1n) is 7.11. The Morgan fingerprint density at radius 2 is 2.29 bits per heavy atom. The minimum absolute atomic E-state index is 0.0378. The van der Waals surface area contributed by atoms with Crippen molar-refractivity contribution in [1.29, 1.82) is 0 Å². The number of rotatable bonds is 7. The molecule has 6 heteroatoms. The van der Waals surface area contributed by atoms with Crippen LogP contribution in [0.5, 0.6) is 0 Å². The van der Waals surface area contributed by atoms with Crippen LogP contribution < -0.4 is 11.1 Å². The highest BCUT2D eigenvalue weighted by Crippen LogP contribution is 2.21. The minimum Gasteiger partial charge on any atom is -0.394 e. The molecular formula is C15H21N5O. The molecule has 0 bridgehead atoms. The summed E-state index contributed by atoms with van der Waals surface area (Å²) in [6.45, 7) is 5.87. The Kier molecular flexibility index (Phi) is 5.05. The molecule has 2 aromatic rings. The van der Waals surface area contributed by atoms with Gasteiger partial charge in [0, 0.05) is 6.20 Å². The molecule has 4 N–H and O–H groups in total. The van der Waals surface area contributed by atoms with Crippen molar-refractivity contribution in [3.05, 3.63) is 24.4 Å². The van der Waals surface area contributed by atoms with Crippen LogP contribution in [0.3, 0.4) is 0 Å². The molecule has 0 amide bonds. The molecule has 0 radical (unpaired) electrons. The number of anilines is 2. The number of fused-ring (bicyclic) bond motifs is 1. The molecule has 0 aliphatic heterocycles. The summed E-state index contributed by atoms with van der Waals surface area (Å²) < 4.78 is 0. The van der Waals surface area contributed by atoms with Gasteiger partial charge in [0.15, 0.2) is 5.82 Å². The molecular weight excluding hydrogens is 266 g/mol. The first kappa shape index (κ1) is 15.2. The number of pyridine rings is 1. The molecule has 21 heavy (non-hydrogen) atoms. The lowest BCUT2D eigenvalue weighted by atomic mass is 10.1. The molecule has 112 valence electrons. The van der Waals surface area contributed by atoms with E-state index in [4.69, 9.17) is 5.73 Å². The molecule has 0 saturated carbocycles. The van der Waals surface area contributed by atoms with Gasteiger partial charge in [0.25, 0.3) is 0 Å². The average Bonchev–Trinajstić information content (AvgIpc) is 2.50. The van der Waals surface area contributed by atoms with Crippen molar-refractivity contribution in [3.8, 4) is 0 Å². The van der Waals surface area contributed by atoms with Gasteiger partial charge in [-0.1, -0.05) is 32.4 Å². The number of aliphatic hydroxyl groups is 1. The highest BCUT2D eigenvalue weighted by Gasteiger charge is 2.13. The zero-order valence-corrected chi connectivity index (χ0v) is 12.2. The van der Waals surface area contributed by atoms with Crippen LogP contribution in [0.1, 0.15) is 31.7 Å². The first-order valence-corrected chi connectivity index (χ1v) is 7.11. The third-order valence-electron chi connectivity index (χ3n) is 3.28. The van der Waals surface area contributed by atoms with Crippen LogP contribution in [0, 0.1) is 0 Å². The van der Waals surface area contributed by atoms with Gasteiger partial charge in [-0.25, -0.2) is 4.98 Å². The van der Waals surface area contributed by atoms with Crippen LogP contribution in [0.15, 0.2) is 18.8 Å². The Bertz CT molecular complexity index is 629. The smallest absolute Gasteiger partial charge is 0.222 e. The molecule has 6 nitrogen and oxygen atoms in total. The fourth-order valence-electron chi connectivity index (χ4n) is 2.12. The summed E-state index contributed by atoms with van der Waals surface area (Å²) in [5, 5.41) is 12.7. The second-order valence-electron chi connectivity index (χ2n) is 4.94. The van der Waals surface area contributed by atoms with Crippen molar-refractivity contribution in [2.24, 2.45) is 0 Å². The van der Waals surface area contributed by atoms with Gasteiger partial charge < -0.3 is 16.2 Å². The quantitative estimate of drug-likeness (QED) is 0.722. The summed E-state index contributed by atoms with van der Waals surface area (Å²) in [4.78, 5) is 12.8. The van der Waals surface area contributed by atoms with Gasteiger partial charge in [0.1, 0.15) is 5.52 Å². The Hall–Kier alpha value is -2.21. The standard InChI is InChI=1S/C15H21N5O/c1-3-5-6-11(9-21)18-14-13-12(19-15(16)20-14)7-10(4-2)8-17-13/h4,7-8,11,21H,2-3,5-6,9H2,1H3,(H3,16,18,19,20). The van der Waals surface area contributed by atoms with E-state index in [9.17, 15) is 5.11 Å². The van der Waals surface area contributed by atoms with Crippen LogP contribution in [0.2, 0.25) is 0 Å². The van der Waals surface area contributed by atoms with Gasteiger partial charge in [-0.05, 0) is 18.1 Å². The van der Waals surface area contributed by atoms with Crippen LogP contribution in [-0.2, 0) is 0 Å². The predicted octanol–water partition coefficient (Wildman–Crippen LogP) is 2.21. The number of hydrogen-bond donors (Lipinski definition) is 3. The van der Waals surface area contributed by atoms with Gasteiger partial charge in [-0.15, -0.1) is 0 Å². The molecule has 0 aromatic carbocycles. The molecule has 0 aliphatic rings. The number of nitrogens with zero attached hydrogens (tertiary/aromatic N) is 3. The summed E-state index contributed by atoms with van der Waals surface area (Å²) in [6.07, 6.45) is 6.38. The van der Waals surface area contributed by atoms with Crippen molar-refractivity contribution in [1.82, 2.24) is 15.0 Å². The molecule has 2 heterocycles. The number of aromatic nitrogens is 3. The number of hydrogen-bond acceptors (Lipinski definition) is 6. The van der Waals surface area contributed by atoms with E-state index in [2.05, 4.69) is 33.8 Å². The summed E-state index contributed by atoms with van der Waals surface area (Å²) in [7, 11) is 0. The second kappa shape index (κ2) is 6.99. The van der Waals surface area contributed by atoms with E-state index in [1.54, 1.807) is 12.3 Å². The lowest BCUT2D eigenvalue weighted by molar-refractivity contribution is 0.267. The van der Waals surface area contributed by atoms with Crippen molar-refractivity contribution in [2.75, 3.05) is 17.7 Å². The first-order chi connectivity index (χ1) is 10.2. The van der Waals surface area contributed by atoms with Crippen LogP contribution >= 0.6 is 0 Å². The average molecular weight is 287 g/mol. The van der Waals surface area contributed by atoms with E-state index >= 15 is 0 Å². The minimum atomic E-state index is -0.0664. The Balaban J connectivity index is 2.35. The molecule has 1 unspecified atom stereocenters. The number of aliphatic hydroxyl groups excluding tert-OH is 1. The van der Waals surface area contributed by atoms with Gasteiger partial charge in [-0.2, -0.15) is 4.98 Å². The Morgan fingerprint density at radius 1 is 1.48 bits per heavy atom. The lowest BCUT2D eigenvalue weighted by Gasteiger charge is -2.17. The van der Waals surface area contributed by atoms with Crippen molar-refractivity contribution >= 4 is 28.9 Å². The van der Waals surface area contributed by atoms with E-state index < -0.39 is 0 Å². The fourth-order valence-corrected chi connectivity index (χ4v) is 2.12. The predicted molar refractivity (Wildman–Crippen MR) is 85.9 cm³/mol. The highest BCUT2D eigenvalue weighted by atomic mass is 16.3. The third kappa shape index (κ3) is 3.66. The van der Waals surface area contributed by atoms with E-state index in [0.717, 1.165) is 24.8 Å². The molecule has 1 atom stereocenters. The number of nitrogen functional groups attached to an aromatic ring is 1. The van der Waals surface area contributed by atoms with Gasteiger partial charge >= 0.3 is 0 Å². The normalized spacial score (nSPS) is 12.3. The zero-order chi connectivity index (χ0) is 15.2. The highest BCUT2D eigenvalue weighted by molar-refractivity contribution is 5.87. The van der Waals surface area contributed by atoms with Crippen molar-refractivity contribution < 1.29 is 5.11 Å². The SMILES string of the molecule is C=Cc1cnc2c(NC(CO)CCCC)nc(N)nc2c1. The van der Waals surface area contributed by atoms with E-state index in [1.165, 1.54) is 0 Å². The number of nitrogens with two attached hydrogens (primary N) is 1. The number of nitrogens with one attached hydrogen (secondary N) is 1. The maximum atomic E-state index is 9.47.